The minimum absolute atomic E-state index is 0.821. The molecule has 0 bridgehead atoms. The summed E-state index contributed by atoms with van der Waals surface area (Å²) in [6.07, 6.45) is 4.44. The van der Waals surface area contributed by atoms with Crippen molar-refractivity contribution in [3.05, 3.63) is 59.8 Å². The highest BCUT2D eigenvalue weighted by Gasteiger charge is 2.16. The molecule has 0 N–H and O–H groups in total. The summed E-state index contributed by atoms with van der Waals surface area (Å²) in [4.78, 5) is 2.49. The molecule has 0 spiro atoms. The molecule has 5 heteroatoms. The van der Waals surface area contributed by atoms with E-state index in [1.54, 1.807) is 14.2 Å². The number of methoxy groups -OCH3 is 2. The maximum absolute atomic E-state index is 5.75. The van der Waals surface area contributed by atoms with Crippen molar-refractivity contribution in [3.8, 4) is 11.5 Å². The Hall–Kier alpha value is -2.50. The van der Waals surface area contributed by atoms with E-state index in [4.69, 9.17) is 14.2 Å². The van der Waals surface area contributed by atoms with Crippen molar-refractivity contribution in [2.45, 2.75) is 19.4 Å². The molecule has 2 heterocycles. The molecule has 0 amide bonds. The van der Waals surface area contributed by atoms with Crippen molar-refractivity contribution in [3.63, 3.8) is 0 Å². The third-order valence-electron chi connectivity index (χ3n) is 5.67. The van der Waals surface area contributed by atoms with Crippen molar-refractivity contribution >= 4 is 10.9 Å². The first kappa shape index (κ1) is 19.8. The molecule has 154 valence electrons. The van der Waals surface area contributed by atoms with Gasteiger partial charge in [0.2, 0.25) is 0 Å². The van der Waals surface area contributed by atoms with Gasteiger partial charge in [-0.25, -0.2) is 0 Å². The number of ether oxygens (including phenoxy) is 3. The molecule has 0 saturated carbocycles. The molecule has 1 saturated heterocycles. The van der Waals surface area contributed by atoms with Crippen LogP contribution in [-0.4, -0.2) is 56.5 Å². The number of benzene rings is 2. The highest BCUT2D eigenvalue weighted by atomic mass is 16.5. The molecule has 1 aliphatic rings. The van der Waals surface area contributed by atoms with Crippen LogP contribution in [0.1, 0.15) is 17.5 Å². The molecule has 29 heavy (non-hydrogen) atoms. The van der Waals surface area contributed by atoms with Gasteiger partial charge in [-0.1, -0.05) is 30.3 Å². The van der Waals surface area contributed by atoms with Gasteiger partial charge in [-0.15, -0.1) is 0 Å². The van der Waals surface area contributed by atoms with E-state index in [2.05, 4.69) is 52.1 Å². The molecule has 5 nitrogen and oxygen atoms in total. The van der Waals surface area contributed by atoms with Gasteiger partial charge in [0.1, 0.15) is 11.5 Å². The van der Waals surface area contributed by atoms with Crippen molar-refractivity contribution in [1.29, 1.82) is 0 Å². The quantitative estimate of drug-likeness (QED) is 0.579. The highest BCUT2D eigenvalue weighted by Crippen LogP contribution is 2.36. The standard InChI is InChI=1S/C24H30N2O3/c1-27-21-15-22-24(23(16-21)28-2)20(9-6-10-25-11-13-29-14-12-25)18-26(22)17-19-7-4-3-5-8-19/h3-5,7-8,15-16,18H,6,9-14,17H2,1-2H3. The molecule has 1 fully saturated rings. The Morgan fingerprint density at radius 1 is 1.00 bits per heavy atom. The van der Waals surface area contributed by atoms with E-state index in [9.17, 15) is 0 Å². The molecule has 3 aromatic rings. The normalized spacial score (nSPS) is 15.0. The van der Waals surface area contributed by atoms with Crippen LogP contribution in [0, 0.1) is 0 Å². The monoisotopic (exact) mass is 394 g/mol. The Labute approximate surface area is 172 Å². The lowest BCUT2D eigenvalue weighted by Crippen LogP contribution is -2.36. The summed E-state index contributed by atoms with van der Waals surface area (Å²) in [5, 5.41) is 1.20. The zero-order chi connectivity index (χ0) is 20.1. The predicted octanol–water partition coefficient (Wildman–Crippen LogP) is 3.97. The number of aromatic nitrogens is 1. The third kappa shape index (κ3) is 4.57. The van der Waals surface area contributed by atoms with E-state index in [0.29, 0.717) is 0 Å². The predicted molar refractivity (Wildman–Crippen MR) is 116 cm³/mol. The van der Waals surface area contributed by atoms with Crippen LogP contribution in [0.2, 0.25) is 0 Å². The van der Waals surface area contributed by atoms with Crippen LogP contribution in [0.3, 0.4) is 0 Å². The fourth-order valence-electron chi connectivity index (χ4n) is 4.14. The molecule has 2 aromatic carbocycles. The summed E-state index contributed by atoms with van der Waals surface area (Å²) in [5.41, 5.74) is 3.78. The molecule has 0 radical (unpaired) electrons. The topological polar surface area (TPSA) is 35.9 Å². The van der Waals surface area contributed by atoms with Crippen LogP contribution in [0.15, 0.2) is 48.7 Å². The van der Waals surface area contributed by atoms with Crippen LogP contribution in [0.5, 0.6) is 11.5 Å². The summed E-state index contributed by atoms with van der Waals surface area (Å²) >= 11 is 0. The first-order valence-electron chi connectivity index (χ1n) is 10.4. The Morgan fingerprint density at radius 3 is 2.52 bits per heavy atom. The Morgan fingerprint density at radius 2 is 1.79 bits per heavy atom. The second-order valence-electron chi connectivity index (χ2n) is 7.55. The average molecular weight is 395 g/mol. The third-order valence-corrected chi connectivity index (χ3v) is 5.67. The van der Waals surface area contributed by atoms with Gasteiger partial charge < -0.3 is 18.8 Å². The zero-order valence-corrected chi connectivity index (χ0v) is 17.4. The maximum Gasteiger partial charge on any atom is 0.132 e. The fraction of sp³-hybridized carbons (Fsp3) is 0.417. The Balaban J connectivity index is 1.63. The SMILES string of the molecule is COc1cc(OC)c2c(CCCN3CCOCC3)cn(Cc3ccccc3)c2c1. The number of morpholine rings is 1. The summed E-state index contributed by atoms with van der Waals surface area (Å²) in [6, 6.07) is 14.7. The first-order chi connectivity index (χ1) is 14.3. The van der Waals surface area contributed by atoms with Crippen LogP contribution >= 0.6 is 0 Å². The van der Waals surface area contributed by atoms with Gasteiger partial charge >= 0.3 is 0 Å². The van der Waals surface area contributed by atoms with Crippen molar-refractivity contribution < 1.29 is 14.2 Å². The second kappa shape index (κ2) is 9.33. The minimum Gasteiger partial charge on any atom is -0.497 e. The van der Waals surface area contributed by atoms with Crippen molar-refractivity contribution in [1.82, 2.24) is 9.47 Å². The van der Waals surface area contributed by atoms with Crippen LogP contribution in [0.4, 0.5) is 0 Å². The molecule has 4 rings (SSSR count). The van der Waals surface area contributed by atoms with E-state index in [1.165, 1.54) is 16.5 Å². The lowest BCUT2D eigenvalue weighted by Gasteiger charge is -2.26. The lowest BCUT2D eigenvalue weighted by atomic mass is 10.1. The first-order valence-corrected chi connectivity index (χ1v) is 10.4. The van der Waals surface area contributed by atoms with Crippen LogP contribution in [-0.2, 0) is 17.7 Å². The van der Waals surface area contributed by atoms with Crippen molar-refractivity contribution in [2.75, 3.05) is 47.1 Å². The molecular weight excluding hydrogens is 364 g/mol. The van der Waals surface area contributed by atoms with E-state index in [-0.39, 0.29) is 0 Å². The molecule has 0 atom stereocenters. The number of nitrogens with zero attached hydrogens (tertiary/aromatic N) is 2. The number of fused-ring (bicyclic) bond motifs is 1. The maximum atomic E-state index is 5.75. The van der Waals surface area contributed by atoms with Crippen molar-refractivity contribution in [2.24, 2.45) is 0 Å². The molecule has 1 aromatic heterocycles. The molecule has 0 aliphatic carbocycles. The number of aryl methyl sites for hydroxylation is 1. The largest absolute Gasteiger partial charge is 0.497 e. The molecule has 1 aliphatic heterocycles. The van der Waals surface area contributed by atoms with Gasteiger partial charge in [-0.05, 0) is 30.5 Å². The van der Waals surface area contributed by atoms with E-state index >= 15 is 0 Å². The summed E-state index contributed by atoms with van der Waals surface area (Å²) in [7, 11) is 3.44. The fourth-order valence-corrected chi connectivity index (χ4v) is 4.14. The van der Waals surface area contributed by atoms with Gasteiger partial charge in [0.05, 0.1) is 33.0 Å². The number of hydrogen-bond donors (Lipinski definition) is 0. The van der Waals surface area contributed by atoms with Crippen LogP contribution in [0.25, 0.3) is 10.9 Å². The molecular formula is C24H30N2O3. The minimum atomic E-state index is 0.821. The smallest absolute Gasteiger partial charge is 0.132 e. The van der Waals surface area contributed by atoms with E-state index in [1.807, 2.05) is 6.07 Å². The molecule has 0 unspecified atom stereocenters. The van der Waals surface area contributed by atoms with Gasteiger partial charge in [-0.2, -0.15) is 0 Å². The average Bonchev–Trinajstić information content (AvgIpc) is 3.12. The summed E-state index contributed by atoms with van der Waals surface area (Å²) in [5.74, 6) is 1.70. The zero-order valence-electron chi connectivity index (χ0n) is 17.4. The van der Waals surface area contributed by atoms with Gasteiger partial charge in [0.25, 0.3) is 0 Å². The highest BCUT2D eigenvalue weighted by molar-refractivity contribution is 5.91. The Bertz CT molecular complexity index is 930. The second-order valence-corrected chi connectivity index (χ2v) is 7.55. The van der Waals surface area contributed by atoms with Gasteiger partial charge in [0, 0.05) is 43.4 Å². The number of rotatable bonds is 8. The van der Waals surface area contributed by atoms with Gasteiger partial charge in [0.15, 0.2) is 0 Å². The van der Waals surface area contributed by atoms with Crippen LogP contribution < -0.4 is 9.47 Å². The van der Waals surface area contributed by atoms with E-state index in [0.717, 1.165) is 69.3 Å². The Kier molecular flexibility index (Phi) is 6.37. The van der Waals surface area contributed by atoms with E-state index < -0.39 is 0 Å². The lowest BCUT2D eigenvalue weighted by molar-refractivity contribution is 0.0375. The summed E-state index contributed by atoms with van der Waals surface area (Å²) < 4.78 is 19.1. The number of hydrogen-bond acceptors (Lipinski definition) is 4. The van der Waals surface area contributed by atoms with Gasteiger partial charge in [-0.3, -0.25) is 4.90 Å². The summed E-state index contributed by atoms with van der Waals surface area (Å²) in [6.45, 7) is 5.71.